The monoisotopic (exact) mass is 268 g/mol. The number of nitrogens with one attached hydrogen (secondary N) is 1. The van der Waals surface area contributed by atoms with Crippen molar-refractivity contribution in [1.29, 1.82) is 0 Å². The van der Waals surface area contributed by atoms with E-state index >= 15 is 0 Å². The molecule has 1 rings (SSSR count). The zero-order chi connectivity index (χ0) is 14.4. The molecule has 0 radical (unpaired) electrons. The van der Waals surface area contributed by atoms with Crippen LogP contribution in [0.25, 0.3) is 0 Å². The van der Waals surface area contributed by atoms with Gasteiger partial charge in [-0.2, -0.15) is 0 Å². The molecule has 1 aromatic rings. The fraction of sp³-hybridized carbons (Fsp3) is 0.500. The maximum atomic E-state index is 13.0. The molecule has 1 aromatic carbocycles. The summed E-state index contributed by atoms with van der Waals surface area (Å²) >= 11 is 0. The van der Waals surface area contributed by atoms with Gasteiger partial charge >= 0.3 is 6.03 Å². The van der Waals surface area contributed by atoms with Crippen molar-refractivity contribution < 1.29 is 14.3 Å². The Labute approximate surface area is 113 Å². The molecular weight excluding hydrogens is 247 g/mol. The summed E-state index contributed by atoms with van der Waals surface area (Å²) in [6.45, 7) is 5.93. The molecule has 0 fully saturated rings. The molecule has 0 aliphatic carbocycles. The van der Waals surface area contributed by atoms with Crippen LogP contribution in [0.3, 0.4) is 0 Å². The number of hydrogen-bond acceptors (Lipinski definition) is 2. The van der Waals surface area contributed by atoms with Crippen LogP contribution in [0.5, 0.6) is 0 Å². The lowest BCUT2D eigenvalue weighted by atomic mass is 10.2. The van der Waals surface area contributed by atoms with Gasteiger partial charge in [0.2, 0.25) is 0 Å². The highest BCUT2D eigenvalue weighted by atomic mass is 19.1. The van der Waals surface area contributed by atoms with Crippen molar-refractivity contribution in [2.24, 2.45) is 0 Å². The number of amides is 2. The predicted molar refractivity (Wildman–Crippen MR) is 72.2 cm³/mol. The number of aliphatic hydroxyl groups excluding tert-OH is 1. The van der Waals surface area contributed by atoms with Crippen LogP contribution in [0, 0.1) is 5.82 Å². The summed E-state index contributed by atoms with van der Waals surface area (Å²) in [6.07, 6.45) is -0.581. The molecular formula is C14H21FN2O2. The Morgan fingerprint density at radius 2 is 2.11 bits per heavy atom. The number of carbonyl (C=O) groups is 1. The molecule has 0 saturated heterocycles. The lowest BCUT2D eigenvalue weighted by Crippen LogP contribution is -2.46. The van der Waals surface area contributed by atoms with Gasteiger partial charge in [-0.05, 0) is 38.5 Å². The molecule has 4 nitrogen and oxygen atoms in total. The molecule has 0 bridgehead atoms. The Kier molecular flexibility index (Phi) is 5.76. The topological polar surface area (TPSA) is 52.6 Å². The molecule has 0 spiro atoms. The molecule has 19 heavy (non-hydrogen) atoms. The van der Waals surface area contributed by atoms with Gasteiger partial charge in [-0.1, -0.05) is 12.1 Å². The van der Waals surface area contributed by atoms with E-state index in [2.05, 4.69) is 5.32 Å². The van der Waals surface area contributed by atoms with E-state index in [4.69, 9.17) is 0 Å². The molecule has 0 aromatic heterocycles. The summed E-state index contributed by atoms with van der Waals surface area (Å²) in [5.74, 6) is -0.323. The highest BCUT2D eigenvalue weighted by molar-refractivity contribution is 5.74. The standard InChI is InChI=1S/C14H21FN2O2/c1-10(2)17(9-11(3)18)14(19)16-8-12-5-4-6-13(15)7-12/h4-7,10-11,18H,8-9H2,1-3H3,(H,16,19). The van der Waals surface area contributed by atoms with Gasteiger partial charge in [0.1, 0.15) is 5.82 Å². The van der Waals surface area contributed by atoms with Crippen molar-refractivity contribution >= 4 is 6.03 Å². The van der Waals surface area contributed by atoms with Gasteiger partial charge in [0.25, 0.3) is 0 Å². The Bertz CT molecular complexity index is 422. The summed E-state index contributed by atoms with van der Waals surface area (Å²) in [5.41, 5.74) is 0.703. The predicted octanol–water partition coefficient (Wildman–Crippen LogP) is 2.13. The van der Waals surface area contributed by atoms with Gasteiger partial charge in [-0.15, -0.1) is 0 Å². The average Bonchev–Trinajstić information content (AvgIpc) is 2.32. The van der Waals surface area contributed by atoms with E-state index in [-0.39, 0.29) is 31.0 Å². The van der Waals surface area contributed by atoms with Crippen molar-refractivity contribution in [3.8, 4) is 0 Å². The number of aliphatic hydroxyl groups is 1. The summed E-state index contributed by atoms with van der Waals surface area (Å²) in [7, 11) is 0. The number of carbonyl (C=O) groups excluding carboxylic acids is 1. The van der Waals surface area contributed by atoms with Crippen LogP contribution in [-0.2, 0) is 6.54 Å². The first-order chi connectivity index (χ1) is 8.90. The largest absolute Gasteiger partial charge is 0.392 e. The Morgan fingerprint density at radius 3 is 2.63 bits per heavy atom. The van der Waals surface area contributed by atoms with Crippen LogP contribution in [-0.4, -0.2) is 34.7 Å². The van der Waals surface area contributed by atoms with Gasteiger partial charge < -0.3 is 15.3 Å². The lowest BCUT2D eigenvalue weighted by molar-refractivity contribution is 0.118. The van der Waals surface area contributed by atoms with Gasteiger partial charge in [0.05, 0.1) is 6.10 Å². The van der Waals surface area contributed by atoms with E-state index in [1.54, 1.807) is 24.0 Å². The van der Waals surface area contributed by atoms with Crippen LogP contribution in [0.1, 0.15) is 26.3 Å². The second kappa shape index (κ2) is 7.09. The number of halogens is 1. The molecule has 0 heterocycles. The number of urea groups is 1. The SMILES string of the molecule is CC(O)CN(C(=O)NCc1cccc(F)c1)C(C)C. The second-order valence-electron chi connectivity index (χ2n) is 4.88. The molecule has 0 aliphatic heterocycles. The Hall–Kier alpha value is -1.62. The van der Waals surface area contributed by atoms with E-state index in [0.29, 0.717) is 5.56 Å². The first-order valence-electron chi connectivity index (χ1n) is 6.37. The van der Waals surface area contributed by atoms with Gasteiger partial charge in [-0.25, -0.2) is 9.18 Å². The van der Waals surface area contributed by atoms with Gasteiger partial charge in [-0.3, -0.25) is 0 Å². The minimum Gasteiger partial charge on any atom is -0.392 e. The van der Waals surface area contributed by atoms with Crippen LogP contribution in [0.4, 0.5) is 9.18 Å². The number of nitrogens with zero attached hydrogens (tertiary/aromatic N) is 1. The summed E-state index contributed by atoms with van der Waals surface area (Å²) in [5, 5.41) is 12.1. The summed E-state index contributed by atoms with van der Waals surface area (Å²) in [4.78, 5) is 13.5. The minimum absolute atomic E-state index is 0.0119. The van der Waals surface area contributed by atoms with Crippen molar-refractivity contribution in [2.75, 3.05) is 6.54 Å². The molecule has 5 heteroatoms. The number of rotatable bonds is 5. The summed E-state index contributed by atoms with van der Waals surface area (Å²) in [6, 6.07) is 5.82. The maximum Gasteiger partial charge on any atom is 0.317 e. The minimum atomic E-state index is -0.581. The van der Waals surface area contributed by atoms with E-state index < -0.39 is 6.10 Å². The Balaban J connectivity index is 2.57. The highest BCUT2D eigenvalue weighted by Gasteiger charge is 2.18. The second-order valence-corrected chi connectivity index (χ2v) is 4.88. The van der Waals surface area contributed by atoms with E-state index in [1.807, 2.05) is 13.8 Å². The van der Waals surface area contributed by atoms with Crippen LogP contribution in [0.15, 0.2) is 24.3 Å². The van der Waals surface area contributed by atoms with Crippen LogP contribution >= 0.6 is 0 Å². The molecule has 2 amide bonds. The molecule has 1 atom stereocenters. The maximum absolute atomic E-state index is 13.0. The zero-order valence-corrected chi connectivity index (χ0v) is 11.6. The zero-order valence-electron chi connectivity index (χ0n) is 11.6. The average molecular weight is 268 g/mol. The first kappa shape index (κ1) is 15.4. The van der Waals surface area contributed by atoms with Crippen LogP contribution < -0.4 is 5.32 Å². The third-order valence-electron chi connectivity index (χ3n) is 2.68. The fourth-order valence-corrected chi connectivity index (χ4v) is 1.74. The third-order valence-corrected chi connectivity index (χ3v) is 2.68. The van der Waals surface area contributed by atoms with Crippen molar-refractivity contribution in [1.82, 2.24) is 10.2 Å². The van der Waals surface area contributed by atoms with Crippen molar-refractivity contribution in [3.63, 3.8) is 0 Å². The van der Waals surface area contributed by atoms with Crippen molar-refractivity contribution in [3.05, 3.63) is 35.6 Å². The van der Waals surface area contributed by atoms with E-state index in [0.717, 1.165) is 0 Å². The molecule has 0 saturated carbocycles. The fourth-order valence-electron chi connectivity index (χ4n) is 1.74. The Morgan fingerprint density at radius 1 is 1.42 bits per heavy atom. The first-order valence-corrected chi connectivity index (χ1v) is 6.37. The third kappa shape index (κ3) is 5.26. The molecule has 1 unspecified atom stereocenters. The van der Waals surface area contributed by atoms with Crippen molar-refractivity contribution in [2.45, 2.75) is 39.5 Å². The highest BCUT2D eigenvalue weighted by Crippen LogP contribution is 2.05. The van der Waals surface area contributed by atoms with Gasteiger partial charge in [0, 0.05) is 19.1 Å². The van der Waals surface area contributed by atoms with E-state index in [1.165, 1.54) is 12.1 Å². The molecule has 2 N–H and O–H groups in total. The molecule has 0 aliphatic rings. The van der Waals surface area contributed by atoms with Gasteiger partial charge in [0.15, 0.2) is 0 Å². The lowest BCUT2D eigenvalue weighted by Gasteiger charge is -2.28. The normalized spacial score (nSPS) is 12.3. The smallest absolute Gasteiger partial charge is 0.317 e. The quantitative estimate of drug-likeness (QED) is 0.859. The van der Waals surface area contributed by atoms with Crippen LogP contribution in [0.2, 0.25) is 0 Å². The number of hydrogen-bond donors (Lipinski definition) is 2. The van der Waals surface area contributed by atoms with E-state index in [9.17, 15) is 14.3 Å². The molecule has 106 valence electrons. The number of benzene rings is 1. The summed E-state index contributed by atoms with van der Waals surface area (Å²) < 4.78 is 13.0.